The molecule has 0 N–H and O–H groups in total. The number of alkyl halides is 2. The van der Waals surface area contributed by atoms with Crippen molar-refractivity contribution in [3.63, 3.8) is 0 Å². The van der Waals surface area contributed by atoms with Gasteiger partial charge in [0.25, 0.3) is 0 Å². The molecule has 0 saturated heterocycles. The molecule has 0 aromatic rings. The van der Waals surface area contributed by atoms with Gasteiger partial charge >= 0.3 is 5.92 Å². The minimum atomic E-state index is -3.51. The standard InChI is InChI=1S/C4H2F4/c5-2-1-4(7,8)3(2)6/h1H2. The Morgan fingerprint density at radius 2 is 1.75 bits per heavy atom. The van der Waals surface area contributed by atoms with E-state index in [0.29, 0.717) is 0 Å². The zero-order chi connectivity index (χ0) is 6.36. The van der Waals surface area contributed by atoms with Crippen molar-refractivity contribution < 1.29 is 17.6 Å². The van der Waals surface area contributed by atoms with Gasteiger partial charge in [-0.15, -0.1) is 0 Å². The van der Waals surface area contributed by atoms with Crippen molar-refractivity contribution in [2.24, 2.45) is 0 Å². The Labute approximate surface area is 42.8 Å². The minimum absolute atomic E-state index is 1.07. The molecular weight excluding hydrogens is 124 g/mol. The molecule has 0 aliphatic heterocycles. The molecule has 0 fully saturated rings. The third kappa shape index (κ3) is 0.519. The largest absolute Gasteiger partial charge is 0.307 e. The van der Waals surface area contributed by atoms with Crippen molar-refractivity contribution in [3.8, 4) is 0 Å². The van der Waals surface area contributed by atoms with Crippen LogP contribution < -0.4 is 0 Å². The minimum Gasteiger partial charge on any atom is -0.208 e. The average Bonchev–Trinajstić information content (AvgIpc) is 1.65. The van der Waals surface area contributed by atoms with Crippen LogP contribution >= 0.6 is 0 Å². The van der Waals surface area contributed by atoms with E-state index >= 15 is 0 Å². The van der Waals surface area contributed by atoms with Crippen LogP contribution in [0.5, 0.6) is 0 Å². The predicted molar refractivity (Wildman–Crippen MR) is 18.8 cm³/mol. The first kappa shape index (κ1) is 5.59. The van der Waals surface area contributed by atoms with Gasteiger partial charge in [-0.3, -0.25) is 0 Å². The van der Waals surface area contributed by atoms with E-state index in [9.17, 15) is 17.6 Å². The fraction of sp³-hybridized carbons (Fsp3) is 0.500. The zero-order valence-corrected chi connectivity index (χ0v) is 3.72. The summed E-state index contributed by atoms with van der Waals surface area (Å²) in [5.74, 6) is -6.74. The Kier molecular flexibility index (Phi) is 0.867. The Hall–Kier alpha value is -0.540. The molecular formula is C4H2F4. The van der Waals surface area contributed by atoms with Crippen LogP contribution in [0.3, 0.4) is 0 Å². The van der Waals surface area contributed by atoms with Gasteiger partial charge < -0.3 is 0 Å². The SMILES string of the molecule is FC1=C(F)C(F)(F)C1. The first-order valence-electron chi connectivity index (χ1n) is 1.96. The van der Waals surface area contributed by atoms with Crippen LogP contribution in [0.4, 0.5) is 17.6 Å². The van der Waals surface area contributed by atoms with Crippen LogP contribution in [0.2, 0.25) is 0 Å². The summed E-state index contributed by atoms with van der Waals surface area (Å²) in [6, 6.07) is 0. The van der Waals surface area contributed by atoms with E-state index < -0.39 is 24.0 Å². The molecule has 46 valence electrons. The van der Waals surface area contributed by atoms with Crippen molar-refractivity contribution in [2.45, 2.75) is 12.3 Å². The molecule has 0 heterocycles. The molecule has 0 bridgehead atoms. The van der Waals surface area contributed by atoms with Crippen molar-refractivity contribution >= 4 is 0 Å². The van der Waals surface area contributed by atoms with Crippen LogP contribution in [0.25, 0.3) is 0 Å². The van der Waals surface area contributed by atoms with Gasteiger partial charge in [-0.25, -0.2) is 8.78 Å². The van der Waals surface area contributed by atoms with Gasteiger partial charge in [0.05, 0.1) is 6.42 Å². The highest BCUT2D eigenvalue weighted by Gasteiger charge is 2.48. The van der Waals surface area contributed by atoms with Gasteiger partial charge in [0.15, 0.2) is 0 Å². The van der Waals surface area contributed by atoms with Crippen LogP contribution in [0.1, 0.15) is 6.42 Å². The van der Waals surface area contributed by atoms with Crippen molar-refractivity contribution in [2.75, 3.05) is 0 Å². The second-order valence-corrected chi connectivity index (χ2v) is 1.60. The van der Waals surface area contributed by atoms with E-state index in [0.717, 1.165) is 0 Å². The number of hydrogen-bond donors (Lipinski definition) is 0. The summed E-state index contributed by atoms with van der Waals surface area (Å²) in [6.07, 6.45) is -1.07. The maximum atomic E-state index is 11.5. The van der Waals surface area contributed by atoms with E-state index in [4.69, 9.17) is 0 Å². The Balaban J connectivity index is 2.80. The molecule has 4 heteroatoms. The maximum absolute atomic E-state index is 11.5. The number of halogens is 4. The van der Waals surface area contributed by atoms with Crippen LogP contribution in [0.15, 0.2) is 11.7 Å². The fourth-order valence-electron chi connectivity index (χ4n) is 0.442. The number of allylic oxidation sites excluding steroid dienone is 2. The summed E-state index contributed by atoms with van der Waals surface area (Å²) in [6.45, 7) is 0. The van der Waals surface area contributed by atoms with Gasteiger partial charge in [-0.05, 0) is 0 Å². The predicted octanol–water partition coefficient (Wildman–Crippen LogP) is 2.18. The normalized spacial score (nSPS) is 25.5. The van der Waals surface area contributed by atoms with E-state index in [1.807, 2.05) is 0 Å². The second kappa shape index (κ2) is 1.24. The average molecular weight is 126 g/mol. The molecule has 0 aromatic carbocycles. The maximum Gasteiger partial charge on any atom is 0.307 e. The number of hydrogen-bond acceptors (Lipinski definition) is 0. The van der Waals surface area contributed by atoms with Crippen LogP contribution in [0, 0.1) is 0 Å². The highest BCUT2D eigenvalue weighted by Crippen LogP contribution is 2.44. The van der Waals surface area contributed by atoms with Gasteiger partial charge in [0.1, 0.15) is 5.83 Å². The first-order valence-corrected chi connectivity index (χ1v) is 1.96. The summed E-state index contributed by atoms with van der Waals surface area (Å²) in [4.78, 5) is 0. The first-order chi connectivity index (χ1) is 3.54. The number of rotatable bonds is 0. The van der Waals surface area contributed by atoms with Gasteiger partial charge in [-0.2, -0.15) is 8.78 Å². The van der Waals surface area contributed by atoms with Gasteiger partial charge in [0.2, 0.25) is 5.83 Å². The monoisotopic (exact) mass is 126 g/mol. The lowest BCUT2D eigenvalue weighted by Gasteiger charge is -2.21. The van der Waals surface area contributed by atoms with Gasteiger partial charge in [0, 0.05) is 0 Å². The van der Waals surface area contributed by atoms with Crippen molar-refractivity contribution in [1.29, 1.82) is 0 Å². The van der Waals surface area contributed by atoms with E-state index in [-0.39, 0.29) is 0 Å². The van der Waals surface area contributed by atoms with Crippen molar-refractivity contribution in [1.82, 2.24) is 0 Å². The molecule has 1 aliphatic carbocycles. The molecule has 8 heavy (non-hydrogen) atoms. The smallest absolute Gasteiger partial charge is 0.208 e. The molecule has 0 amide bonds. The molecule has 1 rings (SSSR count). The molecule has 0 radical (unpaired) electrons. The van der Waals surface area contributed by atoms with Crippen LogP contribution in [-0.2, 0) is 0 Å². The van der Waals surface area contributed by atoms with Crippen molar-refractivity contribution in [3.05, 3.63) is 11.7 Å². The molecule has 0 spiro atoms. The second-order valence-electron chi connectivity index (χ2n) is 1.60. The molecule has 0 atom stereocenters. The Bertz CT molecular complexity index is 146. The summed E-state index contributed by atoms with van der Waals surface area (Å²) >= 11 is 0. The lowest BCUT2D eigenvalue weighted by molar-refractivity contribution is -0.0214. The fourth-order valence-corrected chi connectivity index (χ4v) is 0.442. The van der Waals surface area contributed by atoms with E-state index in [1.165, 1.54) is 0 Å². The quantitative estimate of drug-likeness (QED) is 0.436. The molecule has 0 aromatic heterocycles. The van der Waals surface area contributed by atoms with Crippen LogP contribution in [-0.4, -0.2) is 5.92 Å². The highest BCUT2D eigenvalue weighted by molar-refractivity contribution is 5.22. The highest BCUT2D eigenvalue weighted by atomic mass is 19.3. The van der Waals surface area contributed by atoms with E-state index in [2.05, 4.69) is 0 Å². The topological polar surface area (TPSA) is 0 Å². The molecule has 0 unspecified atom stereocenters. The molecule has 0 nitrogen and oxygen atoms in total. The molecule has 0 saturated carbocycles. The summed E-state index contributed by atoms with van der Waals surface area (Å²) < 4.78 is 45.9. The summed E-state index contributed by atoms with van der Waals surface area (Å²) in [7, 11) is 0. The van der Waals surface area contributed by atoms with Gasteiger partial charge in [-0.1, -0.05) is 0 Å². The Morgan fingerprint density at radius 3 is 1.75 bits per heavy atom. The lowest BCUT2D eigenvalue weighted by Crippen LogP contribution is -2.27. The zero-order valence-electron chi connectivity index (χ0n) is 3.72. The third-order valence-electron chi connectivity index (χ3n) is 0.937. The molecule has 1 aliphatic rings. The summed E-state index contributed by atoms with van der Waals surface area (Å²) in [5, 5.41) is 0. The third-order valence-corrected chi connectivity index (χ3v) is 0.937. The lowest BCUT2D eigenvalue weighted by atomic mass is 10.0. The Morgan fingerprint density at radius 1 is 1.25 bits per heavy atom. The summed E-state index contributed by atoms with van der Waals surface area (Å²) in [5.41, 5.74) is 0. The van der Waals surface area contributed by atoms with E-state index in [1.54, 1.807) is 0 Å².